The van der Waals surface area contributed by atoms with Gasteiger partial charge in [-0.1, -0.05) is 24.3 Å². The summed E-state index contributed by atoms with van der Waals surface area (Å²) in [5.74, 6) is 0.298. The Morgan fingerprint density at radius 1 is 0.913 bits per heavy atom. The molecule has 3 aromatic rings. The van der Waals surface area contributed by atoms with Gasteiger partial charge in [0.1, 0.15) is 11.5 Å². The van der Waals surface area contributed by atoms with Crippen molar-refractivity contribution in [2.45, 2.75) is 6.54 Å². The number of para-hydroxylation sites is 1. The summed E-state index contributed by atoms with van der Waals surface area (Å²) in [5, 5.41) is 5.87. The molecule has 1 amide bonds. The van der Waals surface area contributed by atoms with Gasteiger partial charge in [0.15, 0.2) is 0 Å². The van der Waals surface area contributed by atoms with E-state index >= 15 is 0 Å². The quantitative estimate of drug-likeness (QED) is 0.757. The van der Waals surface area contributed by atoms with Crippen LogP contribution in [0.15, 0.2) is 67.1 Å². The molecule has 6 heteroatoms. The number of carbonyl (C=O) groups is 1. The van der Waals surface area contributed by atoms with Crippen LogP contribution >= 0.6 is 0 Å². The Morgan fingerprint density at radius 3 is 2.43 bits per heavy atom. The van der Waals surface area contributed by atoms with Gasteiger partial charge in [-0.05, 0) is 24.3 Å². The summed E-state index contributed by atoms with van der Waals surface area (Å²) in [7, 11) is 0. The third-order valence-electron chi connectivity index (χ3n) is 3.09. The number of benzene rings is 1. The molecule has 0 spiro atoms. The topological polar surface area (TPSA) is 79.8 Å². The average molecular weight is 305 g/mol. The van der Waals surface area contributed by atoms with Crippen molar-refractivity contribution in [3.8, 4) is 0 Å². The number of pyridine rings is 1. The molecule has 2 N–H and O–H groups in total. The molecule has 0 aliphatic heterocycles. The average Bonchev–Trinajstić information content (AvgIpc) is 2.62. The Bertz CT molecular complexity index is 760. The zero-order chi connectivity index (χ0) is 15.9. The lowest BCUT2D eigenvalue weighted by Crippen LogP contribution is -2.14. The minimum atomic E-state index is -0.292. The number of nitrogens with one attached hydrogen (secondary N) is 2. The van der Waals surface area contributed by atoms with Crippen LogP contribution in [0.2, 0.25) is 0 Å². The van der Waals surface area contributed by atoms with Gasteiger partial charge in [0, 0.05) is 11.9 Å². The maximum absolute atomic E-state index is 12.1. The van der Waals surface area contributed by atoms with Gasteiger partial charge in [-0.15, -0.1) is 0 Å². The molecule has 1 aromatic carbocycles. The predicted molar refractivity (Wildman–Crippen MR) is 88.0 cm³/mol. The highest BCUT2D eigenvalue weighted by molar-refractivity contribution is 6.02. The molecule has 6 nitrogen and oxygen atoms in total. The smallest absolute Gasteiger partial charge is 0.275 e. The number of carbonyl (C=O) groups excluding carboxylic acids is 1. The third kappa shape index (κ3) is 4.10. The Kier molecular flexibility index (Phi) is 4.54. The zero-order valence-corrected chi connectivity index (χ0v) is 12.3. The number of hydrogen-bond acceptors (Lipinski definition) is 5. The lowest BCUT2D eigenvalue weighted by atomic mass is 10.3. The van der Waals surface area contributed by atoms with Crippen molar-refractivity contribution >= 4 is 17.4 Å². The summed E-state index contributed by atoms with van der Waals surface area (Å²) in [4.78, 5) is 24.6. The molecule has 23 heavy (non-hydrogen) atoms. The largest absolute Gasteiger partial charge is 0.363 e. The molecule has 0 radical (unpaired) electrons. The van der Waals surface area contributed by atoms with Crippen LogP contribution in [0.25, 0.3) is 0 Å². The standard InChI is InChI=1S/C17H15N5O/c23-17(22-13-6-2-1-3-7-13)15-11-21-16(12-19-15)20-10-14-8-4-5-9-18-14/h1-9,11-12H,10H2,(H,20,21)(H,22,23). The van der Waals surface area contributed by atoms with Crippen LogP contribution in [0.5, 0.6) is 0 Å². The fourth-order valence-electron chi connectivity index (χ4n) is 1.94. The Balaban J connectivity index is 1.59. The second-order valence-corrected chi connectivity index (χ2v) is 4.78. The van der Waals surface area contributed by atoms with E-state index in [9.17, 15) is 4.79 Å². The van der Waals surface area contributed by atoms with E-state index < -0.39 is 0 Å². The van der Waals surface area contributed by atoms with Gasteiger partial charge in [0.25, 0.3) is 5.91 Å². The van der Waals surface area contributed by atoms with E-state index in [0.29, 0.717) is 12.4 Å². The van der Waals surface area contributed by atoms with E-state index in [1.807, 2.05) is 48.5 Å². The minimum absolute atomic E-state index is 0.261. The molecule has 0 unspecified atom stereocenters. The van der Waals surface area contributed by atoms with Crippen LogP contribution in [-0.4, -0.2) is 20.9 Å². The van der Waals surface area contributed by atoms with Gasteiger partial charge in [-0.3, -0.25) is 9.78 Å². The molecular formula is C17H15N5O. The molecule has 114 valence electrons. The Hall–Kier alpha value is -3.28. The highest BCUT2D eigenvalue weighted by Crippen LogP contribution is 2.08. The first-order valence-corrected chi connectivity index (χ1v) is 7.13. The molecule has 0 aliphatic carbocycles. The van der Waals surface area contributed by atoms with Crippen molar-refractivity contribution < 1.29 is 4.79 Å². The van der Waals surface area contributed by atoms with E-state index in [2.05, 4.69) is 25.6 Å². The van der Waals surface area contributed by atoms with Crippen molar-refractivity contribution in [1.82, 2.24) is 15.0 Å². The minimum Gasteiger partial charge on any atom is -0.363 e. The first-order chi connectivity index (χ1) is 11.3. The van der Waals surface area contributed by atoms with Gasteiger partial charge < -0.3 is 10.6 Å². The van der Waals surface area contributed by atoms with Crippen molar-refractivity contribution in [3.05, 3.63) is 78.5 Å². The molecule has 3 rings (SSSR count). The van der Waals surface area contributed by atoms with Crippen molar-refractivity contribution in [3.63, 3.8) is 0 Å². The predicted octanol–water partition coefficient (Wildman–Crippen LogP) is 2.74. The van der Waals surface area contributed by atoms with E-state index in [-0.39, 0.29) is 11.6 Å². The van der Waals surface area contributed by atoms with Gasteiger partial charge >= 0.3 is 0 Å². The van der Waals surface area contributed by atoms with Crippen LogP contribution in [0.3, 0.4) is 0 Å². The second-order valence-electron chi connectivity index (χ2n) is 4.78. The number of amides is 1. The summed E-state index contributed by atoms with van der Waals surface area (Å²) < 4.78 is 0. The van der Waals surface area contributed by atoms with Crippen LogP contribution in [0.4, 0.5) is 11.5 Å². The second kappa shape index (κ2) is 7.13. The first kappa shape index (κ1) is 14.6. The van der Waals surface area contributed by atoms with Gasteiger partial charge in [0.05, 0.1) is 24.6 Å². The summed E-state index contributed by atoms with van der Waals surface area (Å²) in [6.45, 7) is 0.547. The fraction of sp³-hybridized carbons (Fsp3) is 0.0588. The highest BCUT2D eigenvalue weighted by atomic mass is 16.1. The number of anilines is 2. The van der Waals surface area contributed by atoms with Crippen LogP contribution in [-0.2, 0) is 6.54 Å². The summed E-state index contributed by atoms with van der Waals surface area (Å²) in [6.07, 6.45) is 4.71. The van der Waals surface area contributed by atoms with E-state index in [1.165, 1.54) is 12.4 Å². The number of hydrogen-bond donors (Lipinski definition) is 2. The first-order valence-electron chi connectivity index (χ1n) is 7.13. The molecule has 0 aliphatic rings. The summed E-state index contributed by atoms with van der Waals surface area (Å²) in [6, 6.07) is 14.9. The number of rotatable bonds is 5. The molecule has 0 saturated carbocycles. The van der Waals surface area contributed by atoms with Gasteiger partial charge in [-0.2, -0.15) is 0 Å². The van der Waals surface area contributed by atoms with Gasteiger partial charge in [0.2, 0.25) is 0 Å². The highest BCUT2D eigenvalue weighted by Gasteiger charge is 2.08. The molecule has 2 heterocycles. The van der Waals surface area contributed by atoms with E-state index in [4.69, 9.17) is 0 Å². The maximum Gasteiger partial charge on any atom is 0.275 e. The molecule has 0 bridgehead atoms. The lowest BCUT2D eigenvalue weighted by molar-refractivity contribution is 0.102. The Morgan fingerprint density at radius 2 is 1.74 bits per heavy atom. The van der Waals surface area contributed by atoms with E-state index in [1.54, 1.807) is 6.20 Å². The lowest BCUT2D eigenvalue weighted by Gasteiger charge is -2.06. The zero-order valence-electron chi connectivity index (χ0n) is 12.3. The number of nitrogens with zero attached hydrogens (tertiary/aromatic N) is 3. The summed E-state index contributed by atoms with van der Waals surface area (Å²) >= 11 is 0. The summed E-state index contributed by atoms with van der Waals surface area (Å²) in [5.41, 5.74) is 1.88. The Labute approximate surface area is 133 Å². The maximum atomic E-state index is 12.1. The fourth-order valence-corrected chi connectivity index (χ4v) is 1.94. The molecule has 0 atom stereocenters. The van der Waals surface area contributed by atoms with Crippen molar-refractivity contribution in [2.75, 3.05) is 10.6 Å². The van der Waals surface area contributed by atoms with Crippen LogP contribution in [0, 0.1) is 0 Å². The van der Waals surface area contributed by atoms with E-state index in [0.717, 1.165) is 11.4 Å². The SMILES string of the molecule is O=C(Nc1ccccc1)c1cnc(NCc2ccccn2)cn1. The normalized spacial score (nSPS) is 10.1. The molecule has 0 fully saturated rings. The molecule has 0 saturated heterocycles. The number of aromatic nitrogens is 3. The van der Waals surface area contributed by atoms with Crippen LogP contribution < -0.4 is 10.6 Å². The molecular weight excluding hydrogens is 290 g/mol. The van der Waals surface area contributed by atoms with Crippen molar-refractivity contribution in [2.24, 2.45) is 0 Å². The molecule has 2 aromatic heterocycles. The monoisotopic (exact) mass is 305 g/mol. The van der Waals surface area contributed by atoms with Crippen LogP contribution in [0.1, 0.15) is 16.2 Å². The van der Waals surface area contributed by atoms with Crippen molar-refractivity contribution in [1.29, 1.82) is 0 Å². The third-order valence-corrected chi connectivity index (χ3v) is 3.09. The van der Waals surface area contributed by atoms with Gasteiger partial charge in [-0.25, -0.2) is 9.97 Å².